The maximum atomic E-state index is 11.0. The van der Waals surface area contributed by atoms with Crippen LogP contribution >= 0.6 is 0 Å². The fourth-order valence-corrected chi connectivity index (χ4v) is 4.90. The van der Waals surface area contributed by atoms with E-state index in [1.807, 2.05) is 18.2 Å². The summed E-state index contributed by atoms with van der Waals surface area (Å²) >= 11 is 0.236. The van der Waals surface area contributed by atoms with Crippen LogP contribution < -0.4 is 4.46 Å². The number of aliphatic hydroxyl groups excluding tert-OH is 1. The molecular formula is C14H18O3Se. The number of benzene rings is 1. The number of ether oxygens (including phenoxy) is 1. The molecule has 0 amide bonds. The van der Waals surface area contributed by atoms with Crippen molar-refractivity contribution in [3.05, 3.63) is 30.3 Å². The Morgan fingerprint density at radius 2 is 2.06 bits per heavy atom. The topological polar surface area (TPSA) is 46.5 Å². The molecule has 1 aliphatic rings. The Morgan fingerprint density at radius 1 is 1.33 bits per heavy atom. The van der Waals surface area contributed by atoms with E-state index in [-0.39, 0.29) is 31.8 Å². The van der Waals surface area contributed by atoms with Crippen LogP contribution in [0, 0.1) is 0 Å². The summed E-state index contributed by atoms with van der Waals surface area (Å²) in [4.78, 5) is 11.2. The van der Waals surface area contributed by atoms with Crippen molar-refractivity contribution in [2.24, 2.45) is 0 Å². The van der Waals surface area contributed by atoms with E-state index in [0.717, 1.165) is 19.3 Å². The molecule has 3 atom stereocenters. The molecule has 1 N–H and O–H groups in total. The van der Waals surface area contributed by atoms with E-state index in [1.165, 1.54) is 11.4 Å². The number of esters is 1. The Morgan fingerprint density at radius 3 is 2.72 bits per heavy atom. The Bertz CT molecular complexity index is 393. The molecule has 0 aromatic heterocycles. The summed E-state index contributed by atoms with van der Waals surface area (Å²) in [5.41, 5.74) is 0. The molecule has 0 unspecified atom stereocenters. The zero-order chi connectivity index (χ0) is 13.0. The molecule has 0 radical (unpaired) electrons. The Kier molecular flexibility index (Phi) is 4.81. The van der Waals surface area contributed by atoms with E-state index < -0.39 is 6.10 Å². The van der Waals surface area contributed by atoms with Gasteiger partial charge in [-0.1, -0.05) is 0 Å². The van der Waals surface area contributed by atoms with Gasteiger partial charge in [-0.15, -0.1) is 0 Å². The van der Waals surface area contributed by atoms with Crippen molar-refractivity contribution in [3.63, 3.8) is 0 Å². The van der Waals surface area contributed by atoms with Gasteiger partial charge >= 0.3 is 114 Å². The Hall–Kier alpha value is -0.831. The average molecular weight is 313 g/mol. The first-order valence-electron chi connectivity index (χ1n) is 6.24. The van der Waals surface area contributed by atoms with Gasteiger partial charge in [0, 0.05) is 0 Å². The van der Waals surface area contributed by atoms with Gasteiger partial charge in [0.2, 0.25) is 0 Å². The standard InChI is InChI=1S/C14H18O3Se/c1-10(15)17-12-8-5-9-13(14(12)16)18-11-6-3-2-4-7-11/h2-4,6-7,12-14,16H,5,8-9H2,1H3/t12-,13-,14-/m1/s1. The molecule has 2 rings (SSSR count). The predicted molar refractivity (Wildman–Crippen MR) is 71.0 cm³/mol. The van der Waals surface area contributed by atoms with E-state index >= 15 is 0 Å². The number of rotatable bonds is 3. The van der Waals surface area contributed by atoms with Crippen molar-refractivity contribution in [1.29, 1.82) is 0 Å². The SMILES string of the molecule is CC(=O)O[C@@H]1CCC[C@@H]([Se]c2ccccc2)[C@@H]1O. The Balaban J connectivity index is 1.98. The van der Waals surface area contributed by atoms with Gasteiger partial charge in [0.05, 0.1) is 0 Å². The van der Waals surface area contributed by atoms with Crippen LogP contribution in [-0.2, 0) is 9.53 Å². The number of hydrogen-bond acceptors (Lipinski definition) is 3. The van der Waals surface area contributed by atoms with Crippen molar-refractivity contribution < 1.29 is 14.6 Å². The Labute approximate surface area is 114 Å². The quantitative estimate of drug-likeness (QED) is 0.675. The number of aliphatic hydroxyl groups is 1. The van der Waals surface area contributed by atoms with Crippen molar-refractivity contribution in [2.75, 3.05) is 0 Å². The van der Waals surface area contributed by atoms with E-state index in [1.54, 1.807) is 0 Å². The summed E-state index contributed by atoms with van der Waals surface area (Å²) in [5, 5.41) is 10.3. The van der Waals surface area contributed by atoms with E-state index in [2.05, 4.69) is 12.1 Å². The van der Waals surface area contributed by atoms with Gasteiger partial charge < -0.3 is 0 Å². The maximum absolute atomic E-state index is 11.0. The van der Waals surface area contributed by atoms with Gasteiger partial charge in [0.1, 0.15) is 0 Å². The molecule has 0 saturated heterocycles. The first-order valence-corrected chi connectivity index (χ1v) is 8.08. The van der Waals surface area contributed by atoms with Gasteiger partial charge in [-0.05, 0) is 0 Å². The van der Waals surface area contributed by atoms with Crippen LogP contribution in [0.2, 0.25) is 4.82 Å². The van der Waals surface area contributed by atoms with Gasteiger partial charge in [0.25, 0.3) is 0 Å². The third-order valence-corrected chi connectivity index (χ3v) is 5.94. The molecule has 0 heterocycles. The molecule has 18 heavy (non-hydrogen) atoms. The van der Waals surface area contributed by atoms with Gasteiger partial charge in [-0.2, -0.15) is 0 Å². The average Bonchev–Trinajstić information content (AvgIpc) is 2.35. The molecule has 1 aliphatic carbocycles. The van der Waals surface area contributed by atoms with Crippen LogP contribution in [0.15, 0.2) is 30.3 Å². The minimum absolute atomic E-state index is 0.236. The number of carbonyl (C=O) groups excluding carboxylic acids is 1. The fraction of sp³-hybridized carbons (Fsp3) is 0.500. The molecule has 1 aromatic carbocycles. The molecule has 98 valence electrons. The summed E-state index contributed by atoms with van der Waals surface area (Å²) in [5.74, 6) is -0.299. The monoisotopic (exact) mass is 314 g/mol. The second-order valence-electron chi connectivity index (χ2n) is 4.54. The summed E-state index contributed by atoms with van der Waals surface area (Å²) < 4.78 is 6.48. The second kappa shape index (κ2) is 6.37. The molecule has 1 aromatic rings. The minimum atomic E-state index is -0.511. The molecule has 0 spiro atoms. The zero-order valence-corrected chi connectivity index (χ0v) is 12.1. The summed E-state index contributed by atoms with van der Waals surface area (Å²) in [6.45, 7) is 1.40. The summed E-state index contributed by atoms with van der Waals surface area (Å²) in [6.07, 6.45) is 2.00. The molecule has 1 fully saturated rings. The van der Waals surface area contributed by atoms with Crippen molar-refractivity contribution in [1.82, 2.24) is 0 Å². The first-order chi connectivity index (χ1) is 8.66. The van der Waals surface area contributed by atoms with Crippen molar-refractivity contribution >= 4 is 25.4 Å². The summed E-state index contributed by atoms with van der Waals surface area (Å²) in [6, 6.07) is 10.2. The van der Waals surface area contributed by atoms with Gasteiger partial charge in [-0.25, -0.2) is 0 Å². The van der Waals surface area contributed by atoms with Crippen LogP contribution in [0.4, 0.5) is 0 Å². The van der Waals surface area contributed by atoms with E-state index in [4.69, 9.17) is 4.74 Å². The molecule has 0 aliphatic heterocycles. The third-order valence-electron chi connectivity index (χ3n) is 3.09. The van der Waals surface area contributed by atoms with Crippen LogP contribution in [0.25, 0.3) is 0 Å². The number of carbonyl (C=O) groups is 1. The van der Waals surface area contributed by atoms with Gasteiger partial charge in [-0.3, -0.25) is 0 Å². The normalized spacial score (nSPS) is 27.8. The molecular weight excluding hydrogens is 295 g/mol. The zero-order valence-electron chi connectivity index (χ0n) is 10.4. The second-order valence-corrected chi connectivity index (χ2v) is 7.29. The third kappa shape index (κ3) is 3.58. The van der Waals surface area contributed by atoms with Crippen LogP contribution in [0.5, 0.6) is 0 Å². The number of hydrogen-bond donors (Lipinski definition) is 1. The predicted octanol–water partition coefficient (Wildman–Crippen LogP) is 1.28. The molecule has 1 saturated carbocycles. The van der Waals surface area contributed by atoms with Crippen LogP contribution in [-0.4, -0.2) is 38.2 Å². The van der Waals surface area contributed by atoms with Crippen LogP contribution in [0.3, 0.4) is 0 Å². The van der Waals surface area contributed by atoms with Gasteiger partial charge in [0.15, 0.2) is 0 Å². The van der Waals surface area contributed by atoms with Crippen molar-refractivity contribution in [3.8, 4) is 0 Å². The fourth-order valence-electron chi connectivity index (χ4n) is 2.25. The van der Waals surface area contributed by atoms with Crippen molar-refractivity contribution in [2.45, 2.75) is 43.2 Å². The van der Waals surface area contributed by atoms with E-state index in [0.29, 0.717) is 0 Å². The van der Waals surface area contributed by atoms with E-state index in [9.17, 15) is 9.90 Å². The van der Waals surface area contributed by atoms with Crippen LogP contribution in [0.1, 0.15) is 26.2 Å². The summed E-state index contributed by atoms with van der Waals surface area (Å²) in [7, 11) is 0. The first kappa shape index (κ1) is 13.6. The molecule has 3 nitrogen and oxygen atoms in total. The molecule has 0 bridgehead atoms. The molecule has 4 heteroatoms.